The van der Waals surface area contributed by atoms with E-state index >= 15 is 0 Å². The first kappa shape index (κ1) is 27.0. The average Bonchev–Trinajstić information content (AvgIpc) is 3.36. The highest BCUT2D eigenvalue weighted by molar-refractivity contribution is 6.79. The first-order valence-corrected chi connectivity index (χ1v) is 17.8. The van der Waals surface area contributed by atoms with Crippen LogP contribution in [0.1, 0.15) is 70.0 Å². The number of ether oxygens (including phenoxy) is 1. The molecular formula is C35H45NOSi. The average molecular weight is 524 g/mol. The molecule has 1 aromatic heterocycles. The molecule has 4 aromatic rings. The number of rotatable bonds is 9. The molecule has 0 bridgehead atoms. The van der Waals surface area contributed by atoms with E-state index in [-0.39, 0.29) is 5.60 Å². The van der Waals surface area contributed by atoms with E-state index in [1.165, 1.54) is 70.2 Å². The van der Waals surface area contributed by atoms with Gasteiger partial charge in [-0.05, 0) is 74.6 Å². The number of hydrogen-bond acceptors (Lipinski definition) is 1. The fraction of sp³-hybridized carbons (Fsp3) is 0.429. The lowest BCUT2D eigenvalue weighted by Crippen LogP contribution is -2.34. The van der Waals surface area contributed by atoms with Gasteiger partial charge in [0.25, 0.3) is 0 Å². The quantitative estimate of drug-likeness (QED) is 0.157. The molecule has 1 heterocycles. The minimum absolute atomic E-state index is 0.0197. The van der Waals surface area contributed by atoms with E-state index < -0.39 is 8.07 Å². The van der Waals surface area contributed by atoms with E-state index in [2.05, 4.69) is 119 Å². The van der Waals surface area contributed by atoms with Crippen LogP contribution in [0, 0.1) is 0 Å². The zero-order valence-electron chi connectivity index (χ0n) is 24.5. The van der Waals surface area contributed by atoms with Crippen LogP contribution in [0.5, 0.6) is 0 Å². The fourth-order valence-electron chi connectivity index (χ4n) is 6.74. The molecule has 1 atom stereocenters. The van der Waals surface area contributed by atoms with Crippen LogP contribution in [-0.4, -0.2) is 24.8 Å². The monoisotopic (exact) mass is 523 g/mol. The van der Waals surface area contributed by atoms with Gasteiger partial charge in [0, 0.05) is 41.0 Å². The van der Waals surface area contributed by atoms with Crippen LogP contribution < -0.4 is 0 Å². The summed E-state index contributed by atoms with van der Waals surface area (Å²) in [6.45, 7) is 14.9. The van der Waals surface area contributed by atoms with Crippen molar-refractivity contribution in [1.29, 1.82) is 0 Å². The van der Waals surface area contributed by atoms with Gasteiger partial charge >= 0.3 is 0 Å². The molecule has 0 N–H and O–H groups in total. The Morgan fingerprint density at radius 2 is 1.58 bits per heavy atom. The van der Waals surface area contributed by atoms with Gasteiger partial charge in [-0.15, -0.1) is 0 Å². The van der Waals surface area contributed by atoms with Crippen LogP contribution >= 0.6 is 0 Å². The molecule has 1 aliphatic carbocycles. The second-order valence-electron chi connectivity index (χ2n) is 13.1. The highest BCUT2D eigenvalue weighted by Crippen LogP contribution is 2.47. The Bertz CT molecular complexity index is 1480. The highest BCUT2D eigenvalue weighted by atomic mass is 28.3. The molecule has 0 saturated carbocycles. The third-order valence-electron chi connectivity index (χ3n) is 8.53. The zero-order valence-corrected chi connectivity index (χ0v) is 25.5. The minimum atomic E-state index is -1.49. The van der Waals surface area contributed by atoms with E-state index in [9.17, 15) is 0 Å². The van der Waals surface area contributed by atoms with Crippen molar-refractivity contribution in [3.05, 3.63) is 77.4 Å². The Kier molecular flexibility index (Phi) is 7.45. The molecule has 2 nitrogen and oxygen atoms in total. The molecule has 38 heavy (non-hydrogen) atoms. The third kappa shape index (κ3) is 5.28. The van der Waals surface area contributed by atoms with Gasteiger partial charge in [-0.25, -0.2) is 0 Å². The largest absolute Gasteiger partial charge is 0.376 e. The summed E-state index contributed by atoms with van der Waals surface area (Å²) in [5, 5.41) is 2.68. The smallest absolute Gasteiger partial charge is 0.0600 e. The number of allylic oxidation sites excluding steroid dienone is 1. The predicted molar refractivity (Wildman–Crippen MR) is 169 cm³/mol. The molecule has 0 fully saturated rings. The van der Waals surface area contributed by atoms with Crippen LogP contribution in [0.25, 0.3) is 39.0 Å². The second kappa shape index (κ2) is 10.5. The zero-order chi connectivity index (χ0) is 27.1. The Hall–Kier alpha value is -2.62. The van der Waals surface area contributed by atoms with Gasteiger partial charge in [0.2, 0.25) is 0 Å². The molecule has 3 aromatic carbocycles. The van der Waals surface area contributed by atoms with Crippen molar-refractivity contribution in [2.75, 3.05) is 6.61 Å². The summed E-state index contributed by atoms with van der Waals surface area (Å²) in [7, 11) is 0.688. The van der Waals surface area contributed by atoms with Crippen molar-refractivity contribution in [2.45, 2.75) is 83.7 Å². The topological polar surface area (TPSA) is 14.2 Å². The van der Waals surface area contributed by atoms with Crippen LogP contribution in [0.15, 0.2) is 66.2 Å². The standard InChI is InChI=1S/C35H45NOSi/c1-25-23-30-27(26-19-20-33-31(24-26)28-15-10-11-18-32(28)36(33)5)16-14-17-29(30)34(25)38(6,7)22-13-9-8-12-21-37-35(2,3)4/h10-11,14-20,23-24,34H,8-9,12-13,21-22H2,1-7H3. The number of aryl methyl sites for hydroxylation is 1. The summed E-state index contributed by atoms with van der Waals surface area (Å²) < 4.78 is 8.22. The molecule has 3 heteroatoms. The lowest BCUT2D eigenvalue weighted by Gasteiger charge is -2.32. The van der Waals surface area contributed by atoms with Gasteiger partial charge < -0.3 is 9.30 Å². The first-order valence-electron chi connectivity index (χ1n) is 14.5. The van der Waals surface area contributed by atoms with Gasteiger partial charge in [-0.2, -0.15) is 0 Å². The van der Waals surface area contributed by atoms with Crippen molar-refractivity contribution in [1.82, 2.24) is 4.57 Å². The molecule has 0 aliphatic heterocycles. The molecule has 0 radical (unpaired) electrons. The number of nitrogens with zero attached hydrogens (tertiary/aromatic N) is 1. The third-order valence-corrected chi connectivity index (χ3v) is 12.5. The van der Waals surface area contributed by atoms with Crippen molar-refractivity contribution >= 4 is 36.0 Å². The summed E-state index contributed by atoms with van der Waals surface area (Å²) >= 11 is 0. The highest BCUT2D eigenvalue weighted by Gasteiger charge is 2.38. The number of benzene rings is 3. The van der Waals surface area contributed by atoms with Crippen molar-refractivity contribution in [2.24, 2.45) is 7.05 Å². The van der Waals surface area contributed by atoms with Crippen molar-refractivity contribution in [3.8, 4) is 11.1 Å². The first-order chi connectivity index (χ1) is 18.1. The Morgan fingerprint density at radius 1 is 0.842 bits per heavy atom. The van der Waals surface area contributed by atoms with Crippen LogP contribution in [-0.2, 0) is 11.8 Å². The molecule has 0 amide bonds. The lowest BCUT2D eigenvalue weighted by atomic mass is 9.96. The maximum Gasteiger partial charge on any atom is 0.0600 e. The van der Waals surface area contributed by atoms with Gasteiger partial charge in [0.15, 0.2) is 0 Å². The molecule has 5 rings (SSSR count). The molecule has 0 saturated heterocycles. The molecule has 1 aliphatic rings. The van der Waals surface area contributed by atoms with Crippen molar-refractivity contribution < 1.29 is 4.74 Å². The van der Waals surface area contributed by atoms with E-state index in [4.69, 9.17) is 4.74 Å². The maximum absolute atomic E-state index is 5.90. The summed E-state index contributed by atoms with van der Waals surface area (Å²) in [4.78, 5) is 0. The van der Waals surface area contributed by atoms with Crippen LogP contribution in [0.2, 0.25) is 19.1 Å². The minimum Gasteiger partial charge on any atom is -0.376 e. The van der Waals surface area contributed by atoms with Crippen LogP contribution in [0.3, 0.4) is 0 Å². The molecular weight excluding hydrogens is 478 g/mol. The molecule has 1 unspecified atom stereocenters. The maximum atomic E-state index is 5.90. The normalized spacial score (nSPS) is 15.9. The van der Waals surface area contributed by atoms with E-state index in [0.717, 1.165) is 6.61 Å². The van der Waals surface area contributed by atoms with Gasteiger partial charge in [0.1, 0.15) is 0 Å². The van der Waals surface area contributed by atoms with Crippen molar-refractivity contribution in [3.63, 3.8) is 0 Å². The van der Waals surface area contributed by atoms with E-state index in [1.54, 1.807) is 11.1 Å². The lowest BCUT2D eigenvalue weighted by molar-refractivity contribution is -0.00471. The molecule has 0 spiro atoms. The number of hydrogen-bond donors (Lipinski definition) is 0. The van der Waals surface area contributed by atoms with Gasteiger partial charge in [-0.1, -0.05) is 92.5 Å². The number of para-hydroxylation sites is 1. The number of unbranched alkanes of at least 4 members (excludes halogenated alkanes) is 3. The van der Waals surface area contributed by atoms with Gasteiger partial charge in [0.05, 0.1) is 13.7 Å². The Morgan fingerprint density at radius 3 is 2.37 bits per heavy atom. The van der Waals surface area contributed by atoms with Gasteiger partial charge in [-0.3, -0.25) is 0 Å². The van der Waals surface area contributed by atoms with Crippen LogP contribution in [0.4, 0.5) is 0 Å². The summed E-state index contributed by atoms with van der Waals surface area (Å²) in [6, 6.07) is 24.2. The Labute approximate surface area is 230 Å². The second-order valence-corrected chi connectivity index (χ2v) is 18.1. The summed E-state index contributed by atoms with van der Waals surface area (Å²) in [5.74, 6) is 0. The van der Waals surface area contributed by atoms with E-state index in [0.29, 0.717) is 5.54 Å². The predicted octanol–water partition coefficient (Wildman–Crippen LogP) is 10.1. The van der Waals surface area contributed by atoms with E-state index in [1.807, 2.05) is 0 Å². The number of aromatic nitrogens is 1. The summed E-state index contributed by atoms with van der Waals surface area (Å²) in [5.41, 5.74) is 10.5. The number of fused-ring (bicyclic) bond motifs is 4. The SMILES string of the molecule is CC1=Cc2c(-c3ccc4c(c3)c3ccccc3n4C)cccc2C1[Si](C)(C)CCCCCCOC(C)(C)C. The summed E-state index contributed by atoms with van der Waals surface area (Å²) in [6.07, 6.45) is 7.61. The fourth-order valence-corrected chi connectivity index (χ4v) is 10.6. The Balaban J connectivity index is 1.35. The molecule has 200 valence electrons.